The first-order valence-electron chi connectivity index (χ1n) is 9.17. The number of aromatic nitrogens is 3. The van der Waals surface area contributed by atoms with Gasteiger partial charge < -0.3 is 10.1 Å². The summed E-state index contributed by atoms with van der Waals surface area (Å²) in [5.74, 6) is -1.45. The Balaban J connectivity index is 2.04. The maximum absolute atomic E-state index is 13.2. The van der Waals surface area contributed by atoms with Gasteiger partial charge in [0.1, 0.15) is 16.6 Å². The maximum atomic E-state index is 13.2. The number of aromatic carboxylic acids is 1. The Labute approximate surface area is 169 Å². The molecule has 2 heterocycles. The zero-order valence-electron chi connectivity index (χ0n) is 15.7. The van der Waals surface area contributed by atoms with Gasteiger partial charge in [-0.2, -0.15) is 0 Å². The van der Waals surface area contributed by atoms with E-state index in [-0.39, 0.29) is 24.1 Å². The van der Waals surface area contributed by atoms with Crippen molar-refractivity contribution in [3.05, 3.63) is 115 Å². The van der Waals surface area contributed by atoms with Crippen LogP contribution in [0.3, 0.4) is 0 Å². The predicted octanol–water partition coefficient (Wildman–Crippen LogP) is 1.65. The highest BCUT2D eigenvalue weighted by Gasteiger charge is 2.20. The van der Waals surface area contributed by atoms with E-state index in [2.05, 4.69) is 4.98 Å². The van der Waals surface area contributed by atoms with Crippen LogP contribution in [-0.4, -0.2) is 25.2 Å². The summed E-state index contributed by atoms with van der Waals surface area (Å²) in [5, 5.41) is 8.92. The Morgan fingerprint density at radius 2 is 1.37 bits per heavy atom. The molecule has 0 aliphatic heterocycles. The fourth-order valence-corrected chi connectivity index (χ4v) is 3.37. The van der Waals surface area contributed by atoms with Crippen molar-refractivity contribution in [2.24, 2.45) is 0 Å². The van der Waals surface area contributed by atoms with Gasteiger partial charge in [0.25, 0.3) is 5.56 Å². The summed E-state index contributed by atoms with van der Waals surface area (Å²) < 4.78 is 2.24. The summed E-state index contributed by atoms with van der Waals surface area (Å²) in [6.45, 7) is 0.0631. The topological polar surface area (TPSA) is 114 Å². The van der Waals surface area contributed by atoms with Gasteiger partial charge in [-0.1, -0.05) is 60.7 Å². The number of hydrogen-bond donors (Lipinski definition) is 2. The minimum absolute atomic E-state index is 0.00633. The summed E-state index contributed by atoms with van der Waals surface area (Å²) in [6.07, 6.45) is 1.01. The lowest BCUT2D eigenvalue weighted by Crippen LogP contribution is -2.43. The summed E-state index contributed by atoms with van der Waals surface area (Å²) in [4.78, 5) is 53.2. The number of pyridine rings is 1. The molecule has 2 N–H and O–H groups in total. The summed E-state index contributed by atoms with van der Waals surface area (Å²) in [7, 11) is 0. The van der Waals surface area contributed by atoms with Crippen LogP contribution in [0, 0.1) is 0 Å². The molecule has 4 rings (SSSR count). The number of carbonyl (C=O) groups is 1. The molecule has 0 bridgehead atoms. The summed E-state index contributed by atoms with van der Waals surface area (Å²) in [6, 6.07) is 18.0. The van der Waals surface area contributed by atoms with E-state index >= 15 is 0 Å². The molecule has 150 valence electrons. The van der Waals surface area contributed by atoms with Gasteiger partial charge in [0.2, 0.25) is 5.43 Å². The highest BCUT2D eigenvalue weighted by molar-refractivity contribution is 5.91. The van der Waals surface area contributed by atoms with Gasteiger partial charge in [-0.05, 0) is 11.1 Å². The van der Waals surface area contributed by atoms with Crippen LogP contribution >= 0.6 is 0 Å². The van der Waals surface area contributed by atoms with Crippen LogP contribution in [0.4, 0.5) is 0 Å². The zero-order chi connectivity index (χ0) is 21.3. The smallest absolute Gasteiger partial charge is 0.341 e. The number of aromatic amines is 1. The van der Waals surface area contributed by atoms with E-state index in [9.17, 15) is 24.3 Å². The van der Waals surface area contributed by atoms with Crippen LogP contribution in [0.15, 0.2) is 81.2 Å². The Morgan fingerprint density at radius 3 is 1.90 bits per heavy atom. The lowest BCUT2D eigenvalue weighted by atomic mass is 10.2. The van der Waals surface area contributed by atoms with Gasteiger partial charge in [0.05, 0.1) is 13.1 Å². The van der Waals surface area contributed by atoms with Crippen molar-refractivity contribution in [2.75, 3.05) is 0 Å². The van der Waals surface area contributed by atoms with E-state index < -0.39 is 28.2 Å². The third-order valence-corrected chi connectivity index (χ3v) is 4.85. The van der Waals surface area contributed by atoms with Crippen molar-refractivity contribution in [3.63, 3.8) is 0 Å². The Hall–Kier alpha value is -4.20. The van der Waals surface area contributed by atoms with Crippen LogP contribution in [0.25, 0.3) is 11.0 Å². The number of carboxylic acids is 1. The Bertz CT molecular complexity index is 1420. The maximum Gasteiger partial charge on any atom is 0.341 e. The lowest BCUT2D eigenvalue weighted by molar-refractivity contribution is 0.0695. The van der Waals surface area contributed by atoms with E-state index in [1.165, 1.54) is 4.57 Å². The summed E-state index contributed by atoms with van der Waals surface area (Å²) in [5.41, 5.74) is -1.43. The van der Waals surface area contributed by atoms with Gasteiger partial charge >= 0.3 is 11.7 Å². The highest BCUT2D eigenvalue weighted by atomic mass is 16.4. The van der Waals surface area contributed by atoms with Crippen molar-refractivity contribution in [1.29, 1.82) is 0 Å². The molecule has 4 aromatic rings. The molecule has 2 aromatic carbocycles. The molecule has 0 atom stereocenters. The van der Waals surface area contributed by atoms with Crippen LogP contribution in [0.2, 0.25) is 0 Å². The number of carboxylic acid groups (broad SMARTS) is 1. The van der Waals surface area contributed by atoms with Crippen molar-refractivity contribution in [1.82, 2.24) is 14.1 Å². The van der Waals surface area contributed by atoms with Crippen LogP contribution in [0.5, 0.6) is 0 Å². The number of benzene rings is 2. The average molecular weight is 403 g/mol. The molecule has 0 saturated carbocycles. The van der Waals surface area contributed by atoms with Gasteiger partial charge in [-0.25, -0.2) is 9.59 Å². The first-order valence-corrected chi connectivity index (χ1v) is 9.17. The van der Waals surface area contributed by atoms with Gasteiger partial charge in [-0.15, -0.1) is 0 Å². The average Bonchev–Trinajstić information content (AvgIpc) is 2.75. The molecule has 0 aliphatic carbocycles. The van der Waals surface area contributed by atoms with E-state index in [4.69, 9.17) is 0 Å². The standard InChI is InChI=1S/C22H17N3O5/c26-18-16(21(28)29)11-23-19-17(18)20(27)25(13-15-9-5-2-6-10-15)22(30)24(19)12-14-7-3-1-4-8-14/h1-11H,12-13H2,(H,23,26)(H,28,29). The van der Waals surface area contributed by atoms with Crippen LogP contribution in [-0.2, 0) is 13.1 Å². The molecule has 0 aliphatic rings. The van der Waals surface area contributed by atoms with Crippen molar-refractivity contribution in [2.45, 2.75) is 13.1 Å². The SMILES string of the molecule is O=C(O)c1c[nH]c2c(c1=O)c(=O)n(Cc1ccccc1)c(=O)n2Cc1ccccc1. The number of hydrogen-bond acceptors (Lipinski definition) is 4. The molecule has 8 nitrogen and oxygen atoms in total. The number of nitrogens with one attached hydrogen (secondary N) is 1. The molecule has 0 spiro atoms. The quantitative estimate of drug-likeness (QED) is 0.526. The third kappa shape index (κ3) is 3.35. The monoisotopic (exact) mass is 403 g/mol. The molecule has 0 fully saturated rings. The minimum atomic E-state index is -1.45. The second-order valence-corrected chi connectivity index (χ2v) is 6.79. The molecule has 0 radical (unpaired) electrons. The van der Waals surface area contributed by atoms with Crippen molar-refractivity contribution >= 4 is 17.0 Å². The molecule has 2 aromatic heterocycles. The number of rotatable bonds is 5. The lowest BCUT2D eigenvalue weighted by Gasteiger charge is -2.14. The Kier molecular flexibility index (Phi) is 4.89. The first kappa shape index (κ1) is 19.1. The van der Waals surface area contributed by atoms with Crippen LogP contribution in [0.1, 0.15) is 21.5 Å². The molecule has 0 unspecified atom stereocenters. The Morgan fingerprint density at radius 1 is 0.833 bits per heavy atom. The normalized spacial score (nSPS) is 10.9. The molecule has 30 heavy (non-hydrogen) atoms. The van der Waals surface area contributed by atoms with Crippen LogP contribution < -0.4 is 16.7 Å². The second-order valence-electron chi connectivity index (χ2n) is 6.79. The van der Waals surface area contributed by atoms with Gasteiger partial charge in [0, 0.05) is 6.20 Å². The number of nitrogens with zero attached hydrogens (tertiary/aromatic N) is 2. The van der Waals surface area contributed by atoms with E-state index in [0.717, 1.165) is 16.3 Å². The molecule has 0 amide bonds. The van der Waals surface area contributed by atoms with E-state index in [1.807, 2.05) is 36.4 Å². The first-order chi connectivity index (χ1) is 14.5. The number of H-pyrrole nitrogens is 1. The largest absolute Gasteiger partial charge is 0.477 e. The van der Waals surface area contributed by atoms with E-state index in [0.29, 0.717) is 5.56 Å². The van der Waals surface area contributed by atoms with Gasteiger partial charge in [-0.3, -0.25) is 18.7 Å². The molecule has 0 saturated heterocycles. The fraction of sp³-hybridized carbons (Fsp3) is 0.0909. The van der Waals surface area contributed by atoms with Gasteiger partial charge in [0.15, 0.2) is 0 Å². The summed E-state index contributed by atoms with van der Waals surface area (Å²) >= 11 is 0. The van der Waals surface area contributed by atoms with E-state index in [1.54, 1.807) is 24.3 Å². The molecular weight excluding hydrogens is 386 g/mol. The second kappa shape index (κ2) is 7.67. The van der Waals surface area contributed by atoms with Crippen molar-refractivity contribution < 1.29 is 9.90 Å². The molecule has 8 heteroatoms. The third-order valence-electron chi connectivity index (χ3n) is 4.85. The van der Waals surface area contributed by atoms with Crippen molar-refractivity contribution in [3.8, 4) is 0 Å². The highest BCUT2D eigenvalue weighted by Crippen LogP contribution is 2.08. The predicted molar refractivity (Wildman–Crippen MR) is 111 cm³/mol. The molecular formula is C22H17N3O5. The minimum Gasteiger partial charge on any atom is -0.477 e. The number of fused-ring (bicyclic) bond motifs is 1. The zero-order valence-corrected chi connectivity index (χ0v) is 15.7. The fourth-order valence-electron chi connectivity index (χ4n) is 3.37.